The lowest BCUT2D eigenvalue weighted by molar-refractivity contribution is -0.115. The predicted octanol–water partition coefficient (Wildman–Crippen LogP) is 3.57. The average molecular weight is 263 g/mol. The second-order valence-electron chi connectivity index (χ2n) is 4.34. The Morgan fingerprint density at radius 1 is 0.950 bits per heavy atom. The van der Waals surface area contributed by atoms with Gasteiger partial charge in [0, 0.05) is 12.3 Å². The Labute approximate surface area is 119 Å². The van der Waals surface area contributed by atoms with Crippen molar-refractivity contribution in [3.05, 3.63) is 90.1 Å². The highest BCUT2D eigenvalue weighted by molar-refractivity contribution is 5.92. The minimum absolute atomic E-state index is 0.127. The fourth-order valence-corrected chi connectivity index (χ4v) is 1.73. The first-order valence-corrected chi connectivity index (χ1v) is 6.57. The maximum Gasteiger partial charge on any atom is 0.247 e. The van der Waals surface area contributed by atoms with Gasteiger partial charge in [-0.15, -0.1) is 0 Å². The molecular formula is C18H17NO. The zero-order valence-corrected chi connectivity index (χ0v) is 11.2. The number of nitrogens with one attached hydrogen (secondary N) is 1. The fourth-order valence-electron chi connectivity index (χ4n) is 1.73. The first-order chi connectivity index (χ1) is 9.84. The number of hydrogen-bond acceptors (Lipinski definition) is 1. The summed E-state index contributed by atoms with van der Waals surface area (Å²) in [7, 11) is 0. The largest absolute Gasteiger partial charge is 0.329 e. The summed E-state index contributed by atoms with van der Waals surface area (Å²) in [5.74, 6) is -0.127. The van der Waals surface area contributed by atoms with Gasteiger partial charge in [-0.05, 0) is 23.6 Å². The Bertz CT molecular complexity index is 585. The zero-order valence-electron chi connectivity index (χ0n) is 11.2. The fraction of sp³-hybridized carbons (Fsp3) is 0.0556. The highest BCUT2D eigenvalue weighted by atomic mass is 16.1. The predicted molar refractivity (Wildman–Crippen MR) is 82.9 cm³/mol. The van der Waals surface area contributed by atoms with Gasteiger partial charge in [0.25, 0.3) is 0 Å². The third kappa shape index (κ3) is 4.94. The van der Waals surface area contributed by atoms with Crippen LogP contribution in [0.2, 0.25) is 0 Å². The van der Waals surface area contributed by atoms with E-state index in [0.717, 1.165) is 12.0 Å². The summed E-state index contributed by atoms with van der Waals surface area (Å²) in [6.45, 7) is 0. The molecule has 0 aromatic heterocycles. The van der Waals surface area contributed by atoms with Crippen LogP contribution < -0.4 is 5.32 Å². The molecule has 0 aliphatic heterocycles. The SMILES string of the molecule is O=C(/C=C/c1ccccc1)N/C=C/Cc1ccccc1. The van der Waals surface area contributed by atoms with Gasteiger partial charge in [-0.2, -0.15) is 0 Å². The van der Waals surface area contributed by atoms with Crippen LogP contribution in [0.15, 0.2) is 79.0 Å². The van der Waals surface area contributed by atoms with E-state index in [9.17, 15) is 4.79 Å². The first-order valence-electron chi connectivity index (χ1n) is 6.57. The van der Waals surface area contributed by atoms with Crippen molar-refractivity contribution >= 4 is 12.0 Å². The van der Waals surface area contributed by atoms with Crippen LogP contribution in [0.4, 0.5) is 0 Å². The molecular weight excluding hydrogens is 246 g/mol. The number of hydrogen-bond donors (Lipinski definition) is 1. The van der Waals surface area contributed by atoms with E-state index in [0.29, 0.717) is 0 Å². The maximum absolute atomic E-state index is 11.6. The molecule has 2 heteroatoms. The van der Waals surface area contributed by atoms with E-state index < -0.39 is 0 Å². The van der Waals surface area contributed by atoms with Gasteiger partial charge >= 0.3 is 0 Å². The lowest BCUT2D eigenvalue weighted by atomic mass is 10.1. The summed E-state index contributed by atoms with van der Waals surface area (Å²) >= 11 is 0. The van der Waals surface area contributed by atoms with E-state index >= 15 is 0 Å². The van der Waals surface area contributed by atoms with Crippen LogP contribution in [0.5, 0.6) is 0 Å². The van der Waals surface area contributed by atoms with Crippen LogP contribution in [0.1, 0.15) is 11.1 Å². The highest BCUT2D eigenvalue weighted by Crippen LogP contribution is 2.01. The van der Waals surface area contributed by atoms with Crippen LogP contribution in [0, 0.1) is 0 Å². The monoisotopic (exact) mass is 263 g/mol. The number of carbonyl (C=O) groups excluding carboxylic acids is 1. The van der Waals surface area contributed by atoms with Gasteiger partial charge in [-0.1, -0.05) is 66.7 Å². The highest BCUT2D eigenvalue weighted by Gasteiger charge is 1.91. The average Bonchev–Trinajstić information content (AvgIpc) is 2.52. The molecule has 2 aromatic carbocycles. The van der Waals surface area contributed by atoms with E-state index in [1.807, 2.05) is 54.6 Å². The molecule has 100 valence electrons. The van der Waals surface area contributed by atoms with Crippen LogP contribution in [-0.2, 0) is 11.2 Å². The molecule has 0 saturated heterocycles. The van der Waals surface area contributed by atoms with E-state index in [1.54, 1.807) is 12.3 Å². The van der Waals surface area contributed by atoms with Gasteiger partial charge in [0.15, 0.2) is 0 Å². The molecule has 0 fully saturated rings. The van der Waals surface area contributed by atoms with Crippen molar-refractivity contribution in [3.8, 4) is 0 Å². The van der Waals surface area contributed by atoms with Gasteiger partial charge in [-0.25, -0.2) is 0 Å². The molecule has 0 aliphatic rings. The molecule has 1 N–H and O–H groups in total. The van der Waals surface area contributed by atoms with Gasteiger partial charge < -0.3 is 5.32 Å². The molecule has 2 aromatic rings. The lowest BCUT2D eigenvalue weighted by Crippen LogP contribution is -2.13. The van der Waals surface area contributed by atoms with E-state index in [1.165, 1.54) is 11.6 Å². The standard InChI is InChI=1S/C18H17NO/c20-18(14-13-17-10-5-2-6-11-17)19-15-7-12-16-8-3-1-4-9-16/h1-11,13-15H,12H2,(H,19,20)/b14-13+,15-7+. The van der Waals surface area contributed by atoms with Crippen molar-refractivity contribution in [2.75, 3.05) is 0 Å². The molecule has 0 spiro atoms. The van der Waals surface area contributed by atoms with Gasteiger partial charge in [0.05, 0.1) is 0 Å². The Morgan fingerprint density at radius 2 is 1.60 bits per heavy atom. The quantitative estimate of drug-likeness (QED) is 0.821. The Balaban J connectivity index is 1.76. The summed E-state index contributed by atoms with van der Waals surface area (Å²) in [5.41, 5.74) is 2.23. The van der Waals surface area contributed by atoms with Crippen LogP contribution in [0.25, 0.3) is 6.08 Å². The third-order valence-electron chi connectivity index (χ3n) is 2.77. The van der Waals surface area contributed by atoms with E-state index in [2.05, 4.69) is 17.4 Å². The second kappa shape index (κ2) is 7.74. The molecule has 0 radical (unpaired) electrons. The minimum Gasteiger partial charge on any atom is -0.329 e. The second-order valence-corrected chi connectivity index (χ2v) is 4.34. The summed E-state index contributed by atoms with van der Waals surface area (Å²) < 4.78 is 0. The maximum atomic E-state index is 11.6. The van der Waals surface area contributed by atoms with Gasteiger partial charge in [-0.3, -0.25) is 4.79 Å². The number of carbonyl (C=O) groups is 1. The third-order valence-corrected chi connectivity index (χ3v) is 2.77. The van der Waals surface area contributed by atoms with E-state index in [-0.39, 0.29) is 5.91 Å². The van der Waals surface area contributed by atoms with Crippen molar-refractivity contribution in [2.45, 2.75) is 6.42 Å². The topological polar surface area (TPSA) is 29.1 Å². The van der Waals surface area contributed by atoms with Crippen molar-refractivity contribution in [2.24, 2.45) is 0 Å². The van der Waals surface area contributed by atoms with Crippen LogP contribution in [-0.4, -0.2) is 5.91 Å². The molecule has 1 amide bonds. The van der Waals surface area contributed by atoms with Gasteiger partial charge in [0.2, 0.25) is 5.91 Å². The van der Waals surface area contributed by atoms with Crippen LogP contribution >= 0.6 is 0 Å². The van der Waals surface area contributed by atoms with Crippen molar-refractivity contribution < 1.29 is 4.79 Å². The molecule has 0 atom stereocenters. The summed E-state index contributed by atoms with van der Waals surface area (Å²) in [4.78, 5) is 11.6. The zero-order chi connectivity index (χ0) is 14.0. The molecule has 0 saturated carbocycles. The summed E-state index contributed by atoms with van der Waals surface area (Å²) in [6.07, 6.45) is 7.75. The van der Waals surface area contributed by atoms with Gasteiger partial charge in [0.1, 0.15) is 0 Å². The molecule has 2 rings (SSSR count). The molecule has 0 bridgehead atoms. The van der Waals surface area contributed by atoms with E-state index in [4.69, 9.17) is 0 Å². The van der Waals surface area contributed by atoms with Crippen molar-refractivity contribution in [3.63, 3.8) is 0 Å². The molecule has 0 unspecified atom stereocenters. The van der Waals surface area contributed by atoms with Crippen molar-refractivity contribution in [1.29, 1.82) is 0 Å². The van der Waals surface area contributed by atoms with Crippen molar-refractivity contribution in [1.82, 2.24) is 5.32 Å². The Hall–Kier alpha value is -2.61. The number of benzene rings is 2. The summed E-state index contributed by atoms with van der Waals surface area (Å²) in [6, 6.07) is 19.9. The smallest absolute Gasteiger partial charge is 0.247 e. The Morgan fingerprint density at radius 3 is 2.30 bits per heavy atom. The number of rotatable bonds is 5. The minimum atomic E-state index is -0.127. The first kappa shape index (κ1) is 13.8. The lowest BCUT2D eigenvalue weighted by Gasteiger charge is -1.96. The number of amides is 1. The number of allylic oxidation sites excluding steroid dienone is 1. The molecule has 2 nitrogen and oxygen atoms in total. The summed E-state index contributed by atoms with van der Waals surface area (Å²) in [5, 5.41) is 2.72. The molecule has 0 heterocycles. The molecule has 0 aliphatic carbocycles. The normalized spacial score (nSPS) is 11.0. The Kier molecular flexibility index (Phi) is 5.35. The van der Waals surface area contributed by atoms with Crippen LogP contribution in [0.3, 0.4) is 0 Å². The molecule has 20 heavy (non-hydrogen) atoms.